The van der Waals surface area contributed by atoms with Gasteiger partial charge in [0.25, 0.3) is 0 Å². The lowest BCUT2D eigenvalue weighted by molar-refractivity contribution is 0.298. The molecule has 0 saturated heterocycles. The van der Waals surface area contributed by atoms with Crippen molar-refractivity contribution < 1.29 is 9.15 Å². The van der Waals surface area contributed by atoms with Crippen LogP contribution in [0.4, 0.5) is 0 Å². The van der Waals surface area contributed by atoms with Gasteiger partial charge in [-0.05, 0) is 54.2 Å². The first-order chi connectivity index (χ1) is 15.1. The third-order valence-electron chi connectivity index (χ3n) is 5.81. The van der Waals surface area contributed by atoms with Gasteiger partial charge in [-0.25, -0.2) is 0 Å². The first-order valence-electron chi connectivity index (χ1n) is 10.7. The van der Waals surface area contributed by atoms with E-state index in [1.165, 1.54) is 5.56 Å². The second-order valence-electron chi connectivity index (χ2n) is 9.23. The first-order valence-corrected chi connectivity index (χ1v) is 11.1. The minimum atomic E-state index is -0.184. The molecule has 164 valence electrons. The standard InChI is InChI=1S/C28H27ClO3/c1-17-14-22-24(15-18(17)2)32-26(19-10-12-21(13-11-19)28(3,4)5)27(25(22)30)31-16-20-8-6-7-9-23(20)29/h6-15H,16H2,1-5H3. The van der Waals surface area contributed by atoms with Crippen LogP contribution in [0.2, 0.25) is 5.02 Å². The molecule has 0 N–H and O–H groups in total. The van der Waals surface area contributed by atoms with E-state index in [1.807, 2.05) is 56.3 Å². The van der Waals surface area contributed by atoms with Crippen LogP contribution in [0.25, 0.3) is 22.3 Å². The first kappa shape index (κ1) is 22.2. The van der Waals surface area contributed by atoms with Crippen molar-refractivity contribution >= 4 is 22.6 Å². The number of fused-ring (bicyclic) bond motifs is 1. The lowest BCUT2D eigenvalue weighted by Crippen LogP contribution is -2.12. The quantitative estimate of drug-likeness (QED) is 0.324. The summed E-state index contributed by atoms with van der Waals surface area (Å²) in [7, 11) is 0. The topological polar surface area (TPSA) is 39.4 Å². The van der Waals surface area contributed by atoms with Gasteiger partial charge in [-0.15, -0.1) is 0 Å². The molecule has 0 fully saturated rings. The van der Waals surface area contributed by atoms with Crippen LogP contribution in [0.1, 0.15) is 43.0 Å². The van der Waals surface area contributed by atoms with E-state index >= 15 is 0 Å². The van der Waals surface area contributed by atoms with E-state index in [-0.39, 0.29) is 23.2 Å². The zero-order chi connectivity index (χ0) is 23.0. The van der Waals surface area contributed by atoms with Crippen LogP contribution in [0.3, 0.4) is 0 Å². The molecule has 1 aromatic heterocycles. The van der Waals surface area contributed by atoms with E-state index < -0.39 is 0 Å². The van der Waals surface area contributed by atoms with Gasteiger partial charge in [-0.1, -0.05) is 74.8 Å². The van der Waals surface area contributed by atoms with Gasteiger partial charge in [0, 0.05) is 16.1 Å². The number of hydrogen-bond donors (Lipinski definition) is 0. The van der Waals surface area contributed by atoms with Crippen molar-refractivity contribution in [3.8, 4) is 17.1 Å². The van der Waals surface area contributed by atoms with E-state index in [1.54, 1.807) is 6.07 Å². The molecule has 0 saturated carbocycles. The minimum absolute atomic E-state index is 0.0286. The number of ether oxygens (including phenoxy) is 1. The highest BCUT2D eigenvalue weighted by atomic mass is 35.5. The smallest absolute Gasteiger partial charge is 0.235 e. The summed E-state index contributed by atoms with van der Waals surface area (Å²) in [6.07, 6.45) is 0. The molecule has 0 aliphatic carbocycles. The molecule has 0 spiro atoms. The Morgan fingerprint density at radius 2 is 1.59 bits per heavy atom. The highest BCUT2D eigenvalue weighted by Gasteiger charge is 2.20. The van der Waals surface area contributed by atoms with Crippen molar-refractivity contribution in [3.05, 3.63) is 98.2 Å². The van der Waals surface area contributed by atoms with Crippen LogP contribution in [-0.2, 0) is 12.0 Å². The Morgan fingerprint density at radius 3 is 2.25 bits per heavy atom. The summed E-state index contributed by atoms with van der Waals surface area (Å²) in [4.78, 5) is 13.5. The number of rotatable bonds is 4. The van der Waals surface area contributed by atoms with Gasteiger partial charge in [-0.2, -0.15) is 0 Å². The van der Waals surface area contributed by atoms with Crippen molar-refractivity contribution in [2.45, 2.75) is 46.6 Å². The van der Waals surface area contributed by atoms with Crippen molar-refractivity contribution in [3.63, 3.8) is 0 Å². The maximum atomic E-state index is 13.5. The average Bonchev–Trinajstić information content (AvgIpc) is 2.75. The Bertz CT molecular complexity index is 1340. The lowest BCUT2D eigenvalue weighted by Gasteiger charge is -2.19. The highest BCUT2D eigenvalue weighted by molar-refractivity contribution is 6.31. The summed E-state index contributed by atoms with van der Waals surface area (Å²) in [5.74, 6) is 0.627. The van der Waals surface area contributed by atoms with Gasteiger partial charge < -0.3 is 9.15 Å². The number of halogens is 1. The molecule has 0 bridgehead atoms. The van der Waals surface area contributed by atoms with Crippen LogP contribution < -0.4 is 10.2 Å². The van der Waals surface area contributed by atoms with E-state index in [0.717, 1.165) is 22.3 Å². The maximum absolute atomic E-state index is 13.5. The summed E-state index contributed by atoms with van der Waals surface area (Å²) >= 11 is 6.30. The van der Waals surface area contributed by atoms with Gasteiger partial charge >= 0.3 is 0 Å². The van der Waals surface area contributed by atoms with Crippen LogP contribution in [0.5, 0.6) is 5.75 Å². The second-order valence-corrected chi connectivity index (χ2v) is 9.64. The molecule has 0 atom stereocenters. The molecule has 0 unspecified atom stereocenters. The molecule has 4 heteroatoms. The van der Waals surface area contributed by atoms with E-state index in [9.17, 15) is 4.79 Å². The van der Waals surface area contributed by atoms with Crippen LogP contribution in [0, 0.1) is 13.8 Å². The van der Waals surface area contributed by atoms with Crippen LogP contribution in [-0.4, -0.2) is 0 Å². The minimum Gasteiger partial charge on any atom is -0.481 e. The van der Waals surface area contributed by atoms with Crippen LogP contribution >= 0.6 is 11.6 Å². The molecular formula is C28H27ClO3. The molecule has 3 aromatic carbocycles. The van der Waals surface area contributed by atoms with Crippen molar-refractivity contribution in [2.75, 3.05) is 0 Å². The van der Waals surface area contributed by atoms with Gasteiger partial charge in [0.15, 0.2) is 5.76 Å². The Kier molecular flexibility index (Phi) is 5.87. The zero-order valence-electron chi connectivity index (χ0n) is 19.1. The summed E-state index contributed by atoms with van der Waals surface area (Å²) in [5.41, 5.74) is 5.31. The summed E-state index contributed by atoms with van der Waals surface area (Å²) in [6.45, 7) is 10.7. The highest BCUT2D eigenvalue weighted by Crippen LogP contribution is 2.34. The number of benzene rings is 3. The molecule has 0 aliphatic heterocycles. The molecule has 0 aliphatic rings. The van der Waals surface area contributed by atoms with Crippen molar-refractivity contribution in [2.24, 2.45) is 0 Å². The zero-order valence-corrected chi connectivity index (χ0v) is 19.8. The largest absolute Gasteiger partial charge is 0.481 e. The van der Waals surface area contributed by atoms with Crippen LogP contribution in [0.15, 0.2) is 69.9 Å². The lowest BCUT2D eigenvalue weighted by atomic mass is 9.86. The third-order valence-corrected chi connectivity index (χ3v) is 6.18. The second kappa shape index (κ2) is 8.48. The van der Waals surface area contributed by atoms with E-state index in [2.05, 4.69) is 32.9 Å². The number of hydrogen-bond acceptors (Lipinski definition) is 3. The van der Waals surface area contributed by atoms with Gasteiger partial charge in [0.1, 0.15) is 12.2 Å². The van der Waals surface area contributed by atoms with Gasteiger partial charge in [0.05, 0.1) is 5.39 Å². The molecule has 0 amide bonds. The normalized spacial score (nSPS) is 11.7. The van der Waals surface area contributed by atoms with E-state index in [0.29, 0.717) is 21.8 Å². The van der Waals surface area contributed by atoms with Gasteiger partial charge in [-0.3, -0.25) is 4.79 Å². The Labute approximate surface area is 193 Å². The monoisotopic (exact) mass is 446 g/mol. The summed E-state index contributed by atoms with van der Waals surface area (Å²) in [6, 6.07) is 19.3. The average molecular weight is 447 g/mol. The summed E-state index contributed by atoms with van der Waals surface area (Å²) in [5, 5.41) is 1.11. The molecule has 3 nitrogen and oxygen atoms in total. The predicted molar refractivity (Wildman–Crippen MR) is 132 cm³/mol. The Balaban J connectivity index is 1.87. The van der Waals surface area contributed by atoms with Crippen molar-refractivity contribution in [1.29, 1.82) is 0 Å². The SMILES string of the molecule is Cc1cc2oc(-c3ccc(C(C)(C)C)cc3)c(OCc3ccccc3Cl)c(=O)c2cc1C. The summed E-state index contributed by atoms with van der Waals surface area (Å²) < 4.78 is 12.4. The van der Waals surface area contributed by atoms with E-state index in [4.69, 9.17) is 20.8 Å². The Morgan fingerprint density at radius 1 is 0.938 bits per heavy atom. The third kappa shape index (κ3) is 4.31. The fraction of sp³-hybridized carbons (Fsp3) is 0.250. The Hall–Kier alpha value is -3.04. The molecule has 0 radical (unpaired) electrons. The fourth-order valence-electron chi connectivity index (χ4n) is 3.64. The maximum Gasteiger partial charge on any atom is 0.235 e. The molecule has 1 heterocycles. The molecule has 4 rings (SSSR count). The predicted octanol–water partition coefficient (Wildman–Crippen LogP) is 7.61. The molecule has 32 heavy (non-hydrogen) atoms. The molecule has 4 aromatic rings. The van der Waals surface area contributed by atoms with Crippen molar-refractivity contribution in [1.82, 2.24) is 0 Å². The number of aryl methyl sites for hydroxylation is 2. The molecular weight excluding hydrogens is 420 g/mol. The van der Waals surface area contributed by atoms with Gasteiger partial charge in [0.2, 0.25) is 11.2 Å². The fourth-order valence-corrected chi connectivity index (χ4v) is 3.83.